The summed E-state index contributed by atoms with van der Waals surface area (Å²) in [5.41, 5.74) is 2.43. The maximum absolute atomic E-state index is 12.4. The van der Waals surface area contributed by atoms with Crippen molar-refractivity contribution >= 4 is 28.2 Å². The highest BCUT2D eigenvalue weighted by atomic mass is 16.6. The molecule has 0 bridgehead atoms. The van der Waals surface area contributed by atoms with E-state index in [0.717, 1.165) is 17.4 Å². The molecule has 2 aromatic heterocycles. The third-order valence-corrected chi connectivity index (χ3v) is 4.44. The van der Waals surface area contributed by atoms with Gasteiger partial charge in [0.05, 0.1) is 4.92 Å². The number of nitro groups is 1. The Morgan fingerprint density at radius 2 is 2.04 bits per heavy atom. The molecule has 0 saturated carbocycles. The third kappa shape index (κ3) is 3.84. The Morgan fingerprint density at radius 3 is 2.67 bits per heavy atom. The zero-order valence-electron chi connectivity index (χ0n) is 15.9. The minimum absolute atomic E-state index is 0.0456. The fourth-order valence-electron chi connectivity index (χ4n) is 3.27. The van der Waals surface area contributed by atoms with E-state index in [9.17, 15) is 14.9 Å². The average molecular weight is 369 g/mol. The molecule has 0 unspecified atom stereocenters. The van der Waals surface area contributed by atoms with Crippen LogP contribution in [-0.2, 0) is 17.9 Å². The van der Waals surface area contributed by atoms with E-state index in [2.05, 4.69) is 28.8 Å². The molecule has 0 atom stereocenters. The van der Waals surface area contributed by atoms with Gasteiger partial charge >= 0.3 is 5.69 Å². The van der Waals surface area contributed by atoms with Crippen molar-refractivity contribution in [3.05, 3.63) is 52.0 Å². The van der Waals surface area contributed by atoms with E-state index in [1.165, 1.54) is 4.68 Å². The smallest absolute Gasteiger partial charge is 0.312 e. The van der Waals surface area contributed by atoms with Gasteiger partial charge in [-0.25, -0.2) is 0 Å². The van der Waals surface area contributed by atoms with E-state index in [-0.39, 0.29) is 18.1 Å². The Bertz CT molecular complexity index is 1020. The van der Waals surface area contributed by atoms with E-state index in [1.54, 1.807) is 13.8 Å². The fourth-order valence-corrected chi connectivity index (χ4v) is 3.27. The summed E-state index contributed by atoms with van der Waals surface area (Å²) in [6.07, 6.45) is 2.05. The predicted octanol–water partition coefficient (Wildman–Crippen LogP) is 3.66. The summed E-state index contributed by atoms with van der Waals surface area (Å²) in [4.78, 5) is 23.0. The largest absolute Gasteiger partial charge is 0.347 e. The van der Waals surface area contributed by atoms with Crippen molar-refractivity contribution in [2.75, 3.05) is 5.32 Å². The zero-order chi connectivity index (χ0) is 19.7. The molecule has 0 radical (unpaired) electrons. The van der Waals surface area contributed by atoms with Gasteiger partial charge in [-0.05, 0) is 44.0 Å². The van der Waals surface area contributed by atoms with Gasteiger partial charge < -0.3 is 9.88 Å². The monoisotopic (exact) mass is 369 g/mol. The summed E-state index contributed by atoms with van der Waals surface area (Å²) >= 11 is 0. The quantitative estimate of drug-likeness (QED) is 0.530. The minimum Gasteiger partial charge on any atom is -0.347 e. The maximum atomic E-state index is 12.4. The molecule has 0 aliphatic rings. The lowest BCUT2D eigenvalue weighted by Crippen LogP contribution is -2.20. The van der Waals surface area contributed by atoms with Crippen LogP contribution in [0.3, 0.4) is 0 Å². The number of nitrogens with one attached hydrogen (secondary N) is 1. The lowest BCUT2D eigenvalue weighted by atomic mass is 10.2. The maximum Gasteiger partial charge on any atom is 0.312 e. The van der Waals surface area contributed by atoms with Crippen molar-refractivity contribution in [3.63, 3.8) is 0 Å². The van der Waals surface area contributed by atoms with Crippen LogP contribution >= 0.6 is 0 Å². The zero-order valence-corrected chi connectivity index (χ0v) is 15.9. The summed E-state index contributed by atoms with van der Waals surface area (Å²) in [6.45, 7) is 8.36. The van der Waals surface area contributed by atoms with Crippen molar-refractivity contribution in [2.24, 2.45) is 5.92 Å². The van der Waals surface area contributed by atoms with Gasteiger partial charge in [-0.1, -0.05) is 13.8 Å². The first-order valence-corrected chi connectivity index (χ1v) is 8.83. The van der Waals surface area contributed by atoms with Crippen LogP contribution in [0.1, 0.15) is 25.2 Å². The number of aryl methyl sites for hydroxylation is 1. The molecule has 142 valence electrons. The summed E-state index contributed by atoms with van der Waals surface area (Å²) < 4.78 is 3.56. The molecule has 0 aliphatic heterocycles. The van der Waals surface area contributed by atoms with E-state index < -0.39 is 4.92 Å². The van der Waals surface area contributed by atoms with Crippen molar-refractivity contribution in [1.82, 2.24) is 14.3 Å². The summed E-state index contributed by atoms with van der Waals surface area (Å²) in [7, 11) is 0. The molecule has 1 amide bonds. The second kappa shape index (κ2) is 7.22. The first-order valence-electron chi connectivity index (χ1n) is 8.83. The molecule has 0 fully saturated rings. The molecule has 8 nitrogen and oxygen atoms in total. The number of benzene rings is 1. The lowest BCUT2D eigenvalue weighted by Gasteiger charge is -2.10. The van der Waals surface area contributed by atoms with Crippen LogP contribution in [-0.4, -0.2) is 25.2 Å². The number of carbonyl (C=O) groups excluding carboxylic acids is 1. The van der Waals surface area contributed by atoms with Gasteiger partial charge in [0.25, 0.3) is 0 Å². The van der Waals surface area contributed by atoms with Gasteiger partial charge in [0.15, 0.2) is 0 Å². The Kier molecular flexibility index (Phi) is 4.98. The SMILES string of the molecule is Cc1nn(CC(=O)Nc2ccc3c(ccn3CC(C)C)c2)c(C)c1[N+](=O)[O-]. The van der Waals surface area contributed by atoms with Gasteiger partial charge in [-0.2, -0.15) is 5.10 Å². The summed E-state index contributed by atoms with van der Waals surface area (Å²) in [6, 6.07) is 7.80. The molecule has 0 spiro atoms. The molecule has 27 heavy (non-hydrogen) atoms. The highest BCUT2D eigenvalue weighted by Crippen LogP contribution is 2.23. The molecular weight excluding hydrogens is 346 g/mol. The Morgan fingerprint density at radius 1 is 1.30 bits per heavy atom. The Balaban J connectivity index is 1.75. The second-order valence-electron chi connectivity index (χ2n) is 7.12. The van der Waals surface area contributed by atoms with Crippen molar-refractivity contribution < 1.29 is 9.72 Å². The van der Waals surface area contributed by atoms with E-state index in [0.29, 0.717) is 23.0 Å². The number of anilines is 1. The van der Waals surface area contributed by atoms with Gasteiger partial charge in [0.1, 0.15) is 17.9 Å². The number of nitrogens with zero attached hydrogens (tertiary/aromatic N) is 4. The highest BCUT2D eigenvalue weighted by molar-refractivity contribution is 5.93. The number of rotatable bonds is 6. The Hall–Kier alpha value is -3.16. The number of fused-ring (bicyclic) bond motifs is 1. The first kappa shape index (κ1) is 18.6. The third-order valence-electron chi connectivity index (χ3n) is 4.44. The van der Waals surface area contributed by atoms with Crippen molar-refractivity contribution in [1.29, 1.82) is 0 Å². The number of hydrogen-bond acceptors (Lipinski definition) is 4. The van der Waals surface area contributed by atoms with Gasteiger partial charge in [0.2, 0.25) is 5.91 Å². The van der Waals surface area contributed by atoms with Crippen LogP contribution in [0.4, 0.5) is 11.4 Å². The fraction of sp³-hybridized carbons (Fsp3) is 0.368. The minimum atomic E-state index is -0.470. The molecule has 8 heteroatoms. The van der Waals surface area contributed by atoms with Crippen LogP contribution in [0, 0.1) is 29.9 Å². The molecule has 1 N–H and O–H groups in total. The lowest BCUT2D eigenvalue weighted by molar-refractivity contribution is -0.386. The van der Waals surface area contributed by atoms with Crippen LogP contribution in [0.15, 0.2) is 30.5 Å². The molecule has 0 aliphatic carbocycles. The number of hydrogen-bond donors (Lipinski definition) is 1. The molecule has 3 rings (SSSR count). The summed E-state index contributed by atoms with van der Waals surface area (Å²) in [5, 5.41) is 19.1. The van der Waals surface area contributed by atoms with E-state index in [4.69, 9.17) is 0 Å². The standard InChI is InChI=1S/C19H23N5O3/c1-12(2)10-22-8-7-15-9-16(5-6-17(15)22)20-18(25)11-23-14(4)19(24(26)27)13(3)21-23/h5-9,12H,10-11H2,1-4H3,(H,20,25). The van der Waals surface area contributed by atoms with Crippen molar-refractivity contribution in [2.45, 2.75) is 40.8 Å². The van der Waals surface area contributed by atoms with Crippen LogP contribution in [0.2, 0.25) is 0 Å². The van der Waals surface area contributed by atoms with Crippen LogP contribution in [0.5, 0.6) is 0 Å². The molecule has 2 heterocycles. The van der Waals surface area contributed by atoms with Crippen LogP contribution < -0.4 is 5.32 Å². The number of aromatic nitrogens is 3. The molecule has 3 aromatic rings. The second-order valence-corrected chi connectivity index (χ2v) is 7.12. The van der Waals surface area contributed by atoms with Gasteiger partial charge in [-0.3, -0.25) is 19.6 Å². The molecule has 0 saturated heterocycles. The number of amides is 1. The number of carbonyl (C=O) groups is 1. The van der Waals surface area contributed by atoms with Gasteiger partial charge in [-0.15, -0.1) is 0 Å². The normalized spacial score (nSPS) is 11.3. The van der Waals surface area contributed by atoms with E-state index in [1.807, 2.05) is 30.5 Å². The topological polar surface area (TPSA) is 95.0 Å². The summed E-state index contributed by atoms with van der Waals surface area (Å²) in [5.74, 6) is 0.265. The predicted molar refractivity (Wildman–Crippen MR) is 104 cm³/mol. The first-order chi connectivity index (χ1) is 12.8. The van der Waals surface area contributed by atoms with Crippen molar-refractivity contribution in [3.8, 4) is 0 Å². The average Bonchev–Trinajstić information content (AvgIpc) is 3.07. The van der Waals surface area contributed by atoms with E-state index >= 15 is 0 Å². The Labute approximate surface area is 156 Å². The van der Waals surface area contributed by atoms with Crippen LogP contribution in [0.25, 0.3) is 10.9 Å². The molecular formula is C19H23N5O3. The highest BCUT2D eigenvalue weighted by Gasteiger charge is 2.22. The molecule has 1 aromatic carbocycles. The van der Waals surface area contributed by atoms with Gasteiger partial charge in [0, 0.05) is 29.3 Å².